The Bertz CT molecular complexity index is 787. The highest BCUT2D eigenvalue weighted by atomic mass is 16.6. The van der Waals surface area contributed by atoms with Gasteiger partial charge in [-0.05, 0) is 42.5 Å². The van der Waals surface area contributed by atoms with E-state index in [1.807, 2.05) is 24.3 Å². The molecule has 3 rings (SSSR count). The second kappa shape index (κ2) is 7.88. The first kappa shape index (κ1) is 17.1. The maximum Gasteiger partial charge on any atom is 0.276 e. The molecule has 1 aliphatic rings. The maximum absolute atomic E-state index is 12.3. The van der Waals surface area contributed by atoms with Crippen molar-refractivity contribution in [2.75, 3.05) is 0 Å². The topological polar surface area (TPSA) is 60.2 Å². The largest absolute Gasteiger partial charge is 0.289 e. The molecule has 0 atom stereocenters. The molecule has 0 saturated heterocycles. The Morgan fingerprint density at radius 3 is 2.36 bits per heavy atom. The van der Waals surface area contributed by atoms with Crippen LogP contribution in [0.4, 0.5) is 5.69 Å². The van der Waals surface area contributed by atoms with Gasteiger partial charge >= 0.3 is 0 Å². The molecule has 0 aliphatic heterocycles. The highest BCUT2D eigenvalue weighted by Gasteiger charge is 2.15. The number of benzene rings is 2. The highest BCUT2D eigenvalue weighted by molar-refractivity contribution is 6.07. The van der Waals surface area contributed by atoms with E-state index in [1.165, 1.54) is 55.9 Å². The van der Waals surface area contributed by atoms with E-state index in [4.69, 9.17) is 0 Å². The molecule has 4 heteroatoms. The summed E-state index contributed by atoms with van der Waals surface area (Å²) in [7, 11) is 0. The lowest BCUT2D eigenvalue weighted by Crippen LogP contribution is -2.05. The molecule has 0 amide bonds. The Hall–Kier alpha value is -2.75. The van der Waals surface area contributed by atoms with E-state index in [9.17, 15) is 14.9 Å². The van der Waals surface area contributed by atoms with Crippen molar-refractivity contribution in [2.24, 2.45) is 0 Å². The Labute approximate surface area is 147 Å². The molecule has 0 radical (unpaired) electrons. The standard InChI is InChI=1S/C21H21NO3/c23-21(15-14-18-8-4-5-9-20(18)22(24)25)19-12-10-17(11-13-19)16-6-2-1-3-7-16/h4-5,8-16H,1-3,6-7H2/b15-14+. The number of rotatable bonds is 5. The van der Waals surface area contributed by atoms with Crippen molar-refractivity contribution in [1.82, 2.24) is 0 Å². The van der Waals surface area contributed by atoms with Crippen LogP contribution in [0.5, 0.6) is 0 Å². The fraction of sp³-hybridized carbons (Fsp3) is 0.286. The van der Waals surface area contributed by atoms with Gasteiger partial charge in [0.1, 0.15) is 0 Å². The molecular weight excluding hydrogens is 314 g/mol. The molecule has 4 nitrogen and oxygen atoms in total. The lowest BCUT2D eigenvalue weighted by Gasteiger charge is -2.21. The average Bonchev–Trinajstić information content (AvgIpc) is 2.67. The van der Waals surface area contributed by atoms with Gasteiger partial charge in [0.2, 0.25) is 0 Å². The van der Waals surface area contributed by atoms with Crippen LogP contribution in [0.2, 0.25) is 0 Å². The zero-order valence-corrected chi connectivity index (χ0v) is 14.1. The average molecular weight is 335 g/mol. The van der Waals surface area contributed by atoms with Crippen molar-refractivity contribution in [2.45, 2.75) is 38.0 Å². The third-order valence-electron chi connectivity index (χ3n) is 4.82. The van der Waals surface area contributed by atoms with E-state index in [2.05, 4.69) is 0 Å². The second-order valence-electron chi connectivity index (χ2n) is 6.47. The number of carbonyl (C=O) groups is 1. The second-order valence-corrected chi connectivity index (χ2v) is 6.47. The zero-order chi connectivity index (χ0) is 17.6. The van der Waals surface area contributed by atoms with Gasteiger partial charge in [0.15, 0.2) is 5.78 Å². The Balaban J connectivity index is 1.72. The third kappa shape index (κ3) is 4.21. The van der Waals surface area contributed by atoms with Crippen molar-refractivity contribution >= 4 is 17.5 Å². The summed E-state index contributed by atoms with van der Waals surface area (Å²) in [6.45, 7) is 0. The fourth-order valence-corrected chi connectivity index (χ4v) is 3.41. The predicted molar refractivity (Wildman–Crippen MR) is 98.7 cm³/mol. The summed E-state index contributed by atoms with van der Waals surface area (Å²) >= 11 is 0. The third-order valence-corrected chi connectivity index (χ3v) is 4.82. The van der Waals surface area contributed by atoms with E-state index < -0.39 is 4.92 Å². The summed E-state index contributed by atoms with van der Waals surface area (Å²) in [5.41, 5.74) is 2.34. The number of carbonyl (C=O) groups excluding carboxylic acids is 1. The number of hydrogen-bond donors (Lipinski definition) is 0. The predicted octanol–water partition coefficient (Wildman–Crippen LogP) is 5.54. The number of allylic oxidation sites excluding steroid dienone is 1. The van der Waals surface area contributed by atoms with Gasteiger partial charge in [-0.3, -0.25) is 14.9 Å². The Morgan fingerprint density at radius 1 is 1.00 bits per heavy atom. The molecule has 0 unspecified atom stereocenters. The van der Waals surface area contributed by atoms with E-state index in [0.717, 1.165) is 0 Å². The number of para-hydroxylation sites is 1. The molecule has 0 N–H and O–H groups in total. The first-order chi connectivity index (χ1) is 12.1. The van der Waals surface area contributed by atoms with Gasteiger partial charge in [-0.15, -0.1) is 0 Å². The Morgan fingerprint density at radius 2 is 1.68 bits per heavy atom. The lowest BCUT2D eigenvalue weighted by atomic mass is 9.84. The van der Waals surface area contributed by atoms with Gasteiger partial charge in [-0.2, -0.15) is 0 Å². The minimum absolute atomic E-state index is 0.000744. The summed E-state index contributed by atoms with van der Waals surface area (Å²) < 4.78 is 0. The van der Waals surface area contributed by atoms with E-state index in [0.29, 0.717) is 17.0 Å². The summed E-state index contributed by atoms with van der Waals surface area (Å²) in [5, 5.41) is 11.0. The van der Waals surface area contributed by atoms with Crippen molar-refractivity contribution in [3.05, 3.63) is 81.4 Å². The molecule has 1 fully saturated rings. The Kier molecular flexibility index (Phi) is 5.39. The van der Waals surface area contributed by atoms with Crippen LogP contribution in [0.25, 0.3) is 6.08 Å². The molecule has 1 aliphatic carbocycles. The molecule has 2 aromatic rings. The fourth-order valence-electron chi connectivity index (χ4n) is 3.41. The minimum Gasteiger partial charge on any atom is -0.289 e. The molecule has 0 aromatic heterocycles. The van der Waals surface area contributed by atoms with Crippen LogP contribution in [-0.2, 0) is 0 Å². The summed E-state index contributed by atoms with van der Waals surface area (Å²) in [4.78, 5) is 22.9. The van der Waals surface area contributed by atoms with Crippen LogP contribution in [0, 0.1) is 10.1 Å². The van der Waals surface area contributed by atoms with Crippen molar-refractivity contribution in [3.63, 3.8) is 0 Å². The number of nitro groups is 1. The van der Waals surface area contributed by atoms with Crippen LogP contribution < -0.4 is 0 Å². The molecule has 0 heterocycles. The molecule has 0 bridgehead atoms. The van der Waals surface area contributed by atoms with Gasteiger partial charge in [0.25, 0.3) is 5.69 Å². The summed E-state index contributed by atoms with van der Waals surface area (Å²) in [6, 6.07) is 14.2. The van der Waals surface area contributed by atoms with E-state index in [1.54, 1.807) is 18.2 Å². The quantitative estimate of drug-likeness (QED) is 0.312. The summed E-state index contributed by atoms with van der Waals surface area (Å²) in [5.74, 6) is 0.466. The number of nitro benzene ring substituents is 1. The van der Waals surface area contributed by atoms with Crippen LogP contribution in [0.1, 0.15) is 59.5 Å². The molecule has 0 spiro atoms. The summed E-state index contributed by atoms with van der Waals surface area (Å²) in [6.07, 6.45) is 9.25. The van der Waals surface area contributed by atoms with Gasteiger partial charge in [-0.1, -0.05) is 55.7 Å². The minimum atomic E-state index is -0.441. The molecule has 2 aromatic carbocycles. The van der Waals surface area contributed by atoms with Crippen LogP contribution in [0.3, 0.4) is 0 Å². The van der Waals surface area contributed by atoms with Gasteiger partial charge in [-0.25, -0.2) is 0 Å². The van der Waals surface area contributed by atoms with Crippen LogP contribution in [0.15, 0.2) is 54.6 Å². The number of hydrogen-bond acceptors (Lipinski definition) is 3. The SMILES string of the molecule is O=C(/C=C/c1ccccc1[N+](=O)[O-])c1ccc(C2CCCCC2)cc1. The van der Waals surface area contributed by atoms with Gasteiger partial charge in [0.05, 0.1) is 10.5 Å². The van der Waals surface area contributed by atoms with Crippen molar-refractivity contribution in [1.29, 1.82) is 0 Å². The number of ketones is 1. The molecule has 128 valence electrons. The maximum atomic E-state index is 12.3. The normalized spacial score (nSPS) is 15.4. The lowest BCUT2D eigenvalue weighted by molar-refractivity contribution is -0.385. The smallest absolute Gasteiger partial charge is 0.276 e. The molecule has 1 saturated carbocycles. The molecular formula is C21H21NO3. The zero-order valence-electron chi connectivity index (χ0n) is 14.1. The van der Waals surface area contributed by atoms with Crippen molar-refractivity contribution < 1.29 is 9.72 Å². The highest BCUT2D eigenvalue weighted by Crippen LogP contribution is 2.32. The first-order valence-corrected chi connectivity index (χ1v) is 8.71. The van der Waals surface area contributed by atoms with Gasteiger partial charge in [0, 0.05) is 11.6 Å². The first-order valence-electron chi connectivity index (χ1n) is 8.71. The molecule has 25 heavy (non-hydrogen) atoms. The monoisotopic (exact) mass is 335 g/mol. The van der Waals surface area contributed by atoms with Crippen LogP contribution >= 0.6 is 0 Å². The van der Waals surface area contributed by atoms with Crippen LogP contribution in [-0.4, -0.2) is 10.7 Å². The number of nitrogens with zero attached hydrogens (tertiary/aromatic N) is 1. The van der Waals surface area contributed by atoms with E-state index in [-0.39, 0.29) is 11.5 Å². The van der Waals surface area contributed by atoms with Gasteiger partial charge < -0.3 is 0 Å². The van der Waals surface area contributed by atoms with E-state index >= 15 is 0 Å². The van der Waals surface area contributed by atoms with Crippen molar-refractivity contribution in [3.8, 4) is 0 Å².